The van der Waals surface area contributed by atoms with Gasteiger partial charge in [-0.15, -0.1) is 0 Å². The van der Waals surface area contributed by atoms with Crippen LogP contribution in [0.25, 0.3) is 22.0 Å². The molecule has 2 aromatic heterocycles. The summed E-state index contributed by atoms with van der Waals surface area (Å²) >= 11 is 0. The number of benzene rings is 2. The van der Waals surface area contributed by atoms with Crippen molar-refractivity contribution >= 4 is 33.6 Å². The molecule has 0 atom stereocenters. The van der Waals surface area contributed by atoms with Crippen LogP contribution in [0.5, 0.6) is 5.75 Å². The van der Waals surface area contributed by atoms with Crippen molar-refractivity contribution in [1.82, 2.24) is 9.97 Å². The Morgan fingerprint density at radius 3 is 2.92 bits per heavy atom. The number of amides is 1. The average molecular weight is 321 g/mol. The van der Waals surface area contributed by atoms with Gasteiger partial charge in [-0.25, -0.2) is 4.98 Å². The molecule has 24 heavy (non-hydrogen) atoms. The number of nitrogens with one attached hydrogen (secondary N) is 2. The molecule has 0 unspecified atom stereocenters. The van der Waals surface area contributed by atoms with Gasteiger partial charge in [0, 0.05) is 29.6 Å². The van der Waals surface area contributed by atoms with Crippen molar-refractivity contribution in [1.29, 1.82) is 0 Å². The predicted octanol–water partition coefficient (Wildman–Crippen LogP) is 3.88. The van der Waals surface area contributed by atoms with Crippen LogP contribution in [0.1, 0.15) is 16.4 Å². The number of aromatic nitrogens is 2. The molecule has 6 nitrogen and oxygen atoms in total. The maximum Gasteiger partial charge on any atom is 0.272 e. The number of ether oxygens (including phenoxy) is 1. The number of aryl methyl sites for hydroxylation is 1. The van der Waals surface area contributed by atoms with Crippen LogP contribution < -0.4 is 10.1 Å². The molecule has 0 bridgehead atoms. The standard InChI is InChI=1S/C18H15N3O3/c1-10-19-15-8-12(4-6-17(15)24-10)20-18(22)16-7-11-3-5-13(23-2)9-14(11)21-16/h3-9,21H,1-2H3,(H,20,22). The number of methoxy groups -OCH3 is 1. The number of fused-ring (bicyclic) bond motifs is 2. The summed E-state index contributed by atoms with van der Waals surface area (Å²) in [7, 11) is 1.61. The van der Waals surface area contributed by atoms with Gasteiger partial charge in [-0.05, 0) is 36.4 Å². The maximum absolute atomic E-state index is 12.5. The highest BCUT2D eigenvalue weighted by atomic mass is 16.5. The highest BCUT2D eigenvalue weighted by molar-refractivity contribution is 6.06. The van der Waals surface area contributed by atoms with Crippen molar-refractivity contribution in [3.63, 3.8) is 0 Å². The van der Waals surface area contributed by atoms with E-state index >= 15 is 0 Å². The minimum Gasteiger partial charge on any atom is -0.497 e. The number of oxazole rings is 1. The van der Waals surface area contributed by atoms with E-state index in [-0.39, 0.29) is 5.91 Å². The lowest BCUT2D eigenvalue weighted by atomic mass is 10.2. The zero-order valence-corrected chi connectivity index (χ0v) is 13.2. The van der Waals surface area contributed by atoms with E-state index in [1.165, 1.54) is 0 Å². The van der Waals surface area contributed by atoms with Gasteiger partial charge < -0.3 is 19.5 Å². The van der Waals surface area contributed by atoms with E-state index in [2.05, 4.69) is 15.3 Å². The number of H-pyrrole nitrogens is 1. The van der Waals surface area contributed by atoms with Crippen LogP contribution in [-0.4, -0.2) is 23.0 Å². The molecular formula is C18H15N3O3. The number of nitrogens with zero attached hydrogens (tertiary/aromatic N) is 1. The molecule has 0 spiro atoms. The topological polar surface area (TPSA) is 80.2 Å². The van der Waals surface area contributed by atoms with E-state index in [9.17, 15) is 4.79 Å². The lowest BCUT2D eigenvalue weighted by Gasteiger charge is -2.03. The highest BCUT2D eigenvalue weighted by Crippen LogP contribution is 2.23. The zero-order valence-electron chi connectivity index (χ0n) is 13.2. The SMILES string of the molecule is COc1ccc2cc(C(=O)Nc3ccc4oc(C)nc4c3)[nH]c2c1. The molecule has 120 valence electrons. The monoisotopic (exact) mass is 321 g/mol. The van der Waals surface area contributed by atoms with Crippen molar-refractivity contribution in [3.05, 3.63) is 54.0 Å². The summed E-state index contributed by atoms with van der Waals surface area (Å²) in [6.07, 6.45) is 0. The molecule has 2 aromatic carbocycles. The Hall–Kier alpha value is -3.28. The molecule has 6 heteroatoms. The van der Waals surface area contributed by atoms with Gasteiger partial charge in [0.1, 0.15) is 17.0 Å². The number of rotatable bonds is 3. The first-order valence-electron chi connectivity index (χ1n) is 7.48. The number of aromatic amines is 1. The first-order chi connectivity index (χ1) is 11.6. The first kappa shape index (κ1) is 14.3. The second-order valence-corrected chi connectivity index (χ2v) is 5.51. The predicted molar refractivity (Wildman–Crippen MR) is 91.5 cm³/mol. The zero-order chi connectivity index (χ0) is 16.7. The van der Waals surface area contributed by atoms with Crippen molar-refractivity contribution in [2.24, 2.45) is 0 Å². The van der Waals surface area contributed by atoms with E-state index in [0.717, 1.165) is 16.7 Å². The summed E-state index contributed by atoms with van der Waals surface area (Å²) in [5, 5.41) is 3.81. The number of carbonyl (C=O) groups is 1. The number of hydrogen-bond donors (Lipinski definition) is 2. The Balaban J connectivity index is 1.62. The Bertz CT molecular complexity index is 1060. The molecule has 0 aliphatic rings. The summed E-state index contributed by atoms with van der Waals surface area (Å²) in [4.78, 5) is 19.8. The molecule has 4 aromatic rings. The molecule has 0 radical (unpaired) electrons. The maximum atomic E-state index is 12.5. The van der Waals surface area contributed by atoms with E-state index < -0.39 is 0 Å². The van der Waals surface area contributed by atoms with Gasteiger partial charge in [0.2, 0.25) is 0 Å². The Kier molecular flexibility index (Phi) is 3.23. The first-order valence-corrected chi connectivity index (χ1v) is 7.48. The largest absolute Gasteiger partial charge is 0.497 e. The molecule has 2 heterocycles. The summed E-state index contributed by atoms with van der Waals surface area (Å²) in [6, 6.07) is 12.8. The summed E-state index contributed by atoms with van der Waals surface area (Å²) in [5.41, 5.74) is 3.41. The van der Waals surface area contributed by atoms with Crippen LogP contribution in [0.15, 0.2) is 46.9 Å². The lowest BCUT2D eigenvalue weighted by Crippen LogP contribution is -2.12. The lowest BCUT2D eigenvalue weighted by molar-refractivity contribution is 0.102. The van der Waals surface area contributed by atoms with E-state index in [1.807, 2.05) is 24.3 Å². The molecule has 0 fully saturated rings. The third kappa shape index (κ3) is 2.48. The molecule has 0 saturated heterocycles. The Morgan fingerprint density at radius 2 is 2.08 bits per heavy atom. The van der Waals surface area contributed by atoms with Gasteiger partial charge in [-0.3, -0.25) is 4.79 Å². The van der Waals surface area contributed by atoms with Gasteiger partial charge in [0.15, 0.2) is 11.5 Å². The van der Waals surface area contributed by atoms with Crippen molar-refractivity contribution in [2.45, 2.75) is 6.92 Å². The fourth-order valence-electron chi connectivity index (χ4n) is 2.67. The summed E-state index contributed by atoms with van der Waals surface area (Å²) in [6.45, 7) is 1.79. The second-order valence-electron chi connectivity index (χ2n) is 5.51. The second kappa shape index (κ2) is 5.42. The van der Waals surface area contributed by atoms with Crippen LogP contribution >= 0.6 is 0 Å². The van der Waals surface area contributed by atoms with Crippen LogP contribution in [-0.2, 0) is 0 Å². The number of hydrogen-bond acceptors (Lipinski definition) is 4. The van der Waals surface area contributed by atoms with Gasteiger partial charge in [0.05, 0.1) is 7.11 Å². The minimum absolute atomic E-state index is 0.218. The average Bonchev–Trinajstić information content (AvgIpc) is 3.15. The van der Waals surface area contributed by atoms with E-state index in [0.29, 0.717) is 28.4 Å². The summed E-state index contributed by atoms with van der Waals surface area (Å²) < 4.78 is 10.6. The third-order valence-corrected chi connectivity index (χ3v) is 3.83. The van der Waals surface area contributed by atoms with E-state index in [4.69, 9.17) is 9.15 Å². The van der Waals surface area contributed by atoms with Gasteiger partial charge in [-0.1, -0.05) is 0 Å². The molecule has 0 aliphatic carbocycles. The van der Waals surface area contributed by atoms with Crippen LogP contribution in [0, 0.1) is 6.92 Å². The minimum atomic E-state index is -0.218. The molecule has 0 aliphatic heterocycles. The molecule has 1 amide bonds. The Morgan fingerprint density at radius 1 is 1.21 bits per heavy atom. The van der Waals surface area contributed by atoms with Crippen LogP contribution in [0.3, 0.4) is 0 Å². The third-order valence-electron chi connectivity index (χ3n) is 3.83. The quantitative estimate of drug-likeness (QED) is 0.600. The molecule has 2 N–H and O–H groups in total. The number of carbonyl (C=O) groups excluding carboxylic acids is 1. The van der Waals surface area contributed by atoms with Gasteiger partial charge in [0.25, 0.3) is 5.91 Å². The molecule has 0 saturated carbocycles. The molecule has 4 rings (SSSR count). The van der Waals surface area contributed by atoms with Crippen LogP contribution in [0.2, 0.25) is 0 Å². The smallest absolute Gasteiger partial charge is 0.272 e. The Labute approximate surface area is 137 Å². The van der Waals surface area contributed by atoms with Gasteiger partial charge >= 0.3 is 0 Å². The van der Waals surface area contributed by atoms with Crippen LogP contribution in [0.4, 0.5) is 5.69 Å². The fourth-order valence-corrected chi connectivity index (χ4v) is 2.67. The van der Waals surface area contributed by atoms with E-state index in [1.54, 1.807) is 32.2 Å². The normalized spacial score (nSPS) is 11.1. The van der Waals surface area contributed by atoms with Crippen molar-refractivity contribution < 1.29 is 13.9 Å². The van der Waals surface area contributed by atoms with Crippen molar-refractivity contribution in [3.8, 4) is 5.75 Å². The van der Waals surface area contributed by atoms with Crippen molar-refractivity contribution in [2.75, 3.05) is 12.4 Å². The summed E-state index contributed by atoms with van der Waals surface area (Å²) in [5.74, 6) is 1.12. The fraction of sp³-hybridized carbons (Fsp3) is 0.111. The number of anilines is 1. The van der Waals surface area contributed by atoms with Gasteiger partial charge in [-0.2, -0.15) is 0 Å². The molecular weight excluding hydrogens is 306 g/mol. The highest BCUT2D eigenvalue weighted by Gasteiger charge is 2.11.